The second-order valence-electron chi connectivity index (χ2n) is 7.26. The second kappa shape index (κ2) is 8.78. The van der Waals surface area contributed by atoms with E-state index >= 15 is 0 Å². The second-order valence-corrected chi connectivity index (χ2v) is 8.33. The third kappa shape index (κ3) is 4.55. The van der Waals surface area contributed by atoms with Crippen LogP contribution in [0.5, 0.6) is 0 Å². The SMILES string of the molecule is Cc1ccc([C@H]2SCC(=O)N2CCN(C(=O)c2cccc(F)c2)C(C)C)cc1. The van der Waals surface area contributed by atoms with Gasteiger partial charge in [0, 0.05) is 24.7 Å². The quantitative estimate of drug-likeness (QED) is 0.728. The van der Waals surface area contributed by atoms with Crippen molar-refractivity contribution in [3.63, 3.8) is 0 Å². The van der Waals surface area contributed by atoms with Crippen LogP contribution in [0.15, 0.2) is 48.5 Å². The van der Waals surface area contributed by atoms with Gasteiger partial charge in [0.1, 0.15) is 11.2 Å². The van der Waals surface area contributed by atoms with E-state index in [2.05, 4.69) is 12.1 Å². The first kappa shape index (κ1) is 20.4. The molecule has 1 saturated heterocycles. The van der Waals surface area contributed by atoms with Gasteiger partial charge < -0.3 is 9.80 Å². The summed E-state index contributed by atoms with van der Waals surface area (Å²) in [5.41, 5.74) is 2.59. The maximum Gasteiger partial charge on any atom is 0.254 e. The van der Waals surface area contributed by atoms with Gasteiger partial charge in [-0.25, -0.2) is 4.39 Å². The van der Waals surface area contributed by atoms with Gasteiger partial charge in [-0.1, -0.05) is 35.9 Å². The summed E-state index contributed by atoms with van der Waals surface area (Å²) in [6.45, 7) is 6.74. The third-order valence-corrected chi connectivity index (χ3v) is 6.12. The molecule has 148 valence electrons. The average molecular weight is 401 g/mol. The van der Waals surface area contributed by atoms with Crippen molar-refractivity contribution in [3.05, 3.63) is 71.0 Å². The molecule has 1 heterocycles. The number of aryl methyl sites for hydroxylation is 1. The Labute approximate surface area is 169 Å². The van der Waals surface area contributed by atoms with E-state index in [-0.39, 0.29) is 23.2 Å². The average Bonchev–Trinajstić information content (AvgIpc) is 3.03. The molecule has 2 aromatic carbocycles. The summed E-state index contributed by atoms with van der Waals surface area (Å²) in [4.78, 5) is 28.8. The third-order valence-electron chi connectivity index (χ3n) is 4.87. The Balaban J connectivity index is 1.73. The topological polar surface area (TPSA) is 40.6 Å². The molecular weight excluding hydrogens is 375 g/mol. The van der Waals surface area contributed by atoms with Crippen LogP contribution in [0.25, 0.3) is 0 Å². The summed E-state index contributed by atoms with van der Waals surface area (Å²) in [7, 11) is 0. The lowest BCUT2D eigenvalue weighted by molar-refractivity contribution is -0.128. The van der Waals surface area contributed by atoms with Crippen LogP contribution in [0.3, 0.4) is 0 Å². The zero-order valence-electron chi connectivity index (χ0n) is 16.4. The molecule has 0 N–H and O–H groups in total. The van der Waals surface area contributed by atoms with Crippen LogP contribution in [0.4, 0.5) is 4.39 Å². The number of hydrogen-bond acceptors (Lipinski definition) is 3. The molecule has 0 aliphatic carbocycles. The van der Waals surface area contributed by atoms with Gasteiger partial charge in [-0.3, -0.25) is 9.59 Å². The van der Waals surface area contributed by atoms with Gasteiger partial charge >= 0.3 is 0 Å². The first-order chi connectivity index (χ1) is 13.4. The number of rotatable bonds is 6. The maximum absolute atomic E-state index is 13.5. The van der Waals surface area contributed by atoms with Crippen molar-refractivity contribution in [2.45, 2.75) is 32.2 Å². The van der Waals surface area contributed by atoms with Crippen molar-refractivity contribution < 1.29 is 14.0 Å². The molecule has 28 heavy (non-hydrogen) atoms. The molecule has 2 amide bonds. The van der Waals surface area contributed by atoms with Gasteiger partial charge in [-0.05, 0) is 44.5 Å². The molecule has 0 saturated carbocycles. The summed E-state index contributed by atoms with van der Waals surface area (Å²) in [6.07, 6.45) is 0. The van der Waals surface area contributed by atoms with Crippen LogP contribution in [-0.2, 0) is 4.79 Å². The zero-order valence-corrected chi connectivity index (χ0v) is 17.2. The minimum absolute atomic E-state index is 0.0358. The van der Waals surface area contributed by atoms with Crippen molar-refractivity contribution in [1.82, 2.24) is 9.80 Å². The Bertz CT molecular complexity index is 854. The lowest BCUT2D eigenvalue weighted by Crippen LogP contribution is -2.43. The fraction of sp³-hybridized carbons (Fsp3) is 0.364. The molecule has 6 heteroatoms. The van der Waals surface area contributed by atoms with Crippen molar-refractivity contribution >= 4 is 23.6 Å². The Morgan fingerprint density at radius 2 is 1.96 bits per heavy atom. The van der Waals surface area contributed by atoms with Crippen molar-refractivity contribution in [3.8, 4) is 0 Å². The van der Waals surface area contributed by atoms with Crippen LogP contribution in [0.1, 0.15) is 40.7 Å². The number of carbonyl (C=O) groups is 2. The number of benzene rings is 2. The summed E-state index contributed by atoms with van der Waals surface area (Å²) >= 11 is 1.61. The van der Waals surface area contributed by atoms with Crippen LogP contribution in [-0.4, -0.2) is 46.5 Å². The summed E-state index contributed by atoms with van der Waals surface area (Å²) in [6, 6.07) is 13.9. The zero-order chi connectivity index (χ0) is 20.3. The standard InChI is InChI=1S/C22H25FN2O2S/c1-15(2)24(21(27)18-5-4-6-19(23)13-18)11-12-25-20(26)14-28-22(25)17-9-7-16(3)8-10-17/h4-10,13,15,22H,11-12,14H2,1-3H3/t22-/m1/s1. The first-order valence-electron chi connectivity index (χ1n) is 9.41. The minimum Gasteiger partial charge on any atom is -0.334 e. The van der Waals surface area contributed by atoms with Gasteiger partial charge in [-0.2, -0.15) is 0 Å². The van der Waals surface area contributed by atoms with Gasteiger partial charge in [0.05, 0.1) is 5.75 Å². The van der Waals surface area contributed by atoms with Gasteiger partial charge in [0.2, 0.25) is 5.91 Å². The highest BCUT2D eigenvalue weighted by Gasteiger charge is 2.33. The number of hydrogen-bond donors (Lipinski definition) is 0. The fourth-order valence-corrected chi connectivity index (χ4v) is 4.52. The Hall–Kier alpha value is -2.34. The highest BCUT2D eigenvalue weighted by Crippen LogP contribution is 2.38. The van der Waals surface area contributed by atoms with Gasteiger partial charge in [0.25, 0.3) is 5.91 Å². The summed E-state index contributed by atoms with van der Waals surface area (Å²) < 4.78 is 13.5. The van der Waals surface area contributed by atoms with Gasteiger partial charge in [-0.15, -0.1) is 11.8 Å². The van der Waals surface area contributed by atoms with E-state index in [4.69, 9.17) is 0 Å². The molecule has 4 nitrogen and oxygen atoms in total. The van der Waals surface area contributed by atoms with Crippen LogP contribution >= 0.6 is 11.8 Å². The number of halogens is 1. The van der Waals surface area contributed by atoms with Gasteiger partial charge in [0.15, 0.2) is 0 Å². The predicted molar refractivity (Wildman–Crippen MR) is 111 cm³/mol. The van der Waals surface area contributed by atoms with E-state index in [1.807, 2.05) is 37.8 Å². The molecule has 1 atom stereocenters. The van der Waals surface area contributed by atoms with Crippen molar-refractivity contribution in [1.29, 1.82) is 0 Å². The van der Waals surface area contributed by atoms with Crippen LogP contribution < -0.4 is 0 Å². The van der Waals surface area contributed by atoms with E-state index in [1.165, 1.54) is 23.8 Å². The number of amides is 2. The van der Waals surface area contributed by atoms with Crippen molar-refractivity contribution in [2.24, 2.45) is 0 Å². The highest BCUT2D eigenvalue weighted by molar-refractivity contribution is 8.00. The monoisotopic (exact) mass is 400 g/mol. The summed E-state index contributed by atoms with van der Waals surface area (Å²) in [5.74, 6) is -0.129. The molecular formula is C22H25FN2O2S. The predicted octanol–water partition coefficient (Wildman–Crippen LogP) is 4.26. The number of thioether (sulfide) groups is 1. The molecule has 1 aliphatic rings. The van der Waals surface area contributed by atoms with E-state index in [1.54, 1.807) is 22.7 Å². The van der Waals surface area contributed by atoms with E-state index in [0.717, 1.165) is 5.56 Å². The number of nitrogens with zero attached hydrogens (tertiary/aromatic N) is 2. The normalized spacial score (nSPS) is 16.7. The molecule has 1 aliphatic heterocycles. The molecule has 0 aromatic heterocycles. The highest BCUT2D eigenvalue weighted by atomic mass is 32.2. The molecule has 1 fully saturated rings. The summed E-state index contributed by atoms with van der Waals surface area (Å²) in [5, 5.41) is -0.0358. The fourth-order valence-electron chi connectivity index (χ4n) is 3.30. The van der Waals surface area contributed by atoms with E-state index in [0.29, 0.717) is 24.4 Å². The Kier molecular flexibility index (Phi) is 6.39. The lowest BCUT2D eigenvalue weighted by Gasteiger charge is -2.31. The Morgan fingerprint density at radius 1 is 1.25 bits per heavy atom. The van der Waals surface area contributed by atoms with Crippen LogP contribution in [0, 0.1) is 12.7 Å². The smallest absolute Gasteiger partial charge is 0.254 e. The van der Waals surface area contributed by atoms with E-state index in [9.17, 15) is 14.0 Å². The van der Waals surface area contributed by atoms with Crippen LogP contribution in [0.2, 0.25) is 0 Å². The molecule has 0 unspecified atom stereocenters. The first-order valence-corrected chi connectivity index (χ1v) is 10.5. The molecule has 0 spiro atoms. The molecule has 0 bridgehead atoms. The van der Waals surface area contributed by atoms with E-state index < -0.39 is 5.82 Å². The lowest BCUT2D eigenvalue weighted by atomic mass is 10.1. The minimum atomic E-state index is -0.430. The number of carbonyl (C=O) groups excluding carboxylic acids is 2. The van der Waals surface area contributed by atoms with Crippen molar-refractivity contribution in [2.75, 3.05) is 18.8 Å². The maximum atomic E-state index is 13.5. The largest absolute Gasteiger partial charge is 0.334 e. The molecule has 2 aromatic rings. The molecule has 3 rings (SSSR count). The Morgan fingerprint density at radius 3 is 2.61 bits per heavy atom. The molecule has 0 radical (unpaired) electrons.